The van der Waals surface area contributed by atoms with Crippen molar-refractivity contribution in [3.05, 3.63) is 30.1 Å². The standard InChI is InChI=1S/C20H28N6O/c1-4-5-10-15-25-16-17(13-8-6-7-9-14(13)24-18(16)21)26(15)12-20(2,3)11-23-19(22)27/h6-9H,4-5,10-12H2,1-3H3,(H2,21,24)(H3,22,23,27). The molecule has 3 aromatic rings. The van der Waals surface area contributed by atoms with Crippen LogP contribution in [0.5, 0.6) is 0 Å². The van der Waals surface area contributed by atoms with Gasteiger partial charge in [0, 0.05) is 30.3 Å². The first kappa shape index (κ1) is 18.9. The number of nitrogens with zero attached hydrogens (tertiary/aromatic N) is 3. The molecule has 1 aromatic carbocycles. The first-order chi connectivity index (χ1) is 12.8. The fraction of sp³-hybridized carbons (Fsp3) is 0.450. The Kier molecular flexibility index (Phi) is 5.21. The third-order valence-corrected chi connectivity index (χ3v) is 4.77. The van der Waals surface area contributed by atoms with Gasteiger partial charge in [-0.05, 0) is 12.5 Å². The van der Waals surface area contributed by atoms with Gasteiger partial charge in [0.05, 0.1) is 11.0 Å². The zero-order valence-electron chi connectivity index (χ0n) is 16.2. The Labute approximate surface area is 159 Å². The molecular formula is C20H28N6O. The molecule has 0 saturated carbocycles. The number of nitrogens with two attached hydrogens (primary N) is 2. The van der Waals surface area contributed by atoms with Crippen molar-refractivity contribution >= 4 is 33.8 Å². The number of imidazole rings is 1. The Morgan fingerprint density at radius 1 is 1.26 bits per heavy atom. The number of primary amides is 1. The highest BCUT2D eigenvalue weighted by molar-refractivity contribution is 6.06. The van der Waals surface area contributed by atoms with E-state index in [4.69, 9.17) is 16.5 Å². The van der Waals surface area contributed by atoms with Crippen molar-refractivity contribution in [2.75, 3.05) is 12.3 Å². The summed E-state index contributed by atoms with van der Waals surface area (Å²) in [5, 5.41) is 3.76. The van der Waals surface area contributed by atoms with Crippen molar-refractivity contribution in [1.29, 1.82) is 0 Å². The summed E-state index contributed by atoms with van der Waals surface area (Å²) < 4.78 is 2.24. The number of pyridine rings is 1. The molecule has 0 atom stereocenters. The van der Waals surface area contributed by atoms with Gasteiger partial charge >= 0.3 is 6.03 Å². The SMILES string of the molecule is CCCCc1nc2c(N)nc3ccccc3c2n1CC(C)(C)CNC(N)=O. The Hall–Kier alpha value is -2.83. The minimum atomic E-state index is -0.510. The van der Waals surface area contributed by atoms with Crippen molar-refractivity contribution in [2.45, 2.75) is 46.6 Å². The van der Waals surface area contributed by atoms with Crippen LogP contribution in [0.4, 0.5) is 10.6 Å². The van der Waals surface area contributed by atoms with Crippen LogP contribution in [-0.2, 0) is 13.0 Å². The summed E-state index contributed by atoms with van der Waals surface area (Å²) in [5.74, 6) is 1.46. The predicted molar refractivity (Wildman–Crippen MR) is 109 cm³/mol. The number of amides is 2. The zero-order valence-corrected chi connectivity index (χ0v) is 16.2. The Balaban J connectivity index is 2.16. The van der Waals surface area contributed by atoms with E-state index in [-0.39, 0.29) is 5.41 Å². The van der Waals surface area contributed by atoms with Crippen molar-refractivity contribution in [3.8, 4) is 0 Å². The summed E-state index contributed by atoms with van der Waals surface area (Å²) in [7, 11) is 0. The van der Waals surface area contributed by atoms with Crippen LogP contribution in [0.25, 0.3) is 21.9 Å². The van der Waals surface area contributed by atoms with Gasteiger partial charge in [-0.3, -0.25) is 0 Å². The first-order valence-electron chi connectivity index (χ1n) is 9.39. The molecule has 2 heterocycles. The lowest BCUT2D eigenvalue weighted by Crippen LogP contribution is -2.39. The fourth-order valence-electron chi connectivity index (χ4n) is 3.41. The molecule has 0 spiro atoms. The lowest BCUT2D eigenvalue weighted by molar-refractivity contribution is 0.236. The number of anilines is 1. The molecule has 7 nitrogen and oxygen atoms in total. The number of aromatic nitrogens is 3. The van der Waals surface area contributed by atoms with E-state index in [1.54, 1.807) is 0 Å². The Morgan fingerprint density at radius 3 is 2.70 bits per heavy atom. The molecule has 0 aliphatic carbocycles. The van der Waals surface area contributed by atoms with Gasteiger partial charge in [-0.15, -0.1) is 0 Å². The average Bonchev–Trinajstić information content (AvgIpc) is 2.97. The van der Waals surface area contributed by atoms with Gasteiger partial charge in [0.15, 0.2) is 5.82 Å². The molecule has 2 aromatic heterocycles. The molecule has 0 unspecified atom stereocenters. The van der Waals surface area contributed by atoms with Crippen LogP contribution < -0.4 is 16.8 Å². The lowest BCUT2D eigenvalue weighted by atomic mass is 9.93. The molecule has 0 radical (unpaired) electrons. The van der Waals surface area contributed by atoms with E-state index in [2.05, 4.69) is 41.7 Å². The number of nitrogen functional groups attached to an aromatic ring is 1. The number of aryl methyl sites for hydroxylation is 1. The van der Waals surface area contributed by atoms with E-state index in [0.717, 1.165) is 47.0 Å². The number of benzene rings is 1. The number of carbonyl (C=O) groups is 1. The molecule has 3 rings (SSSR count). The molecule has 0 fully saturated rings. The van der Waals surface area contributed by atoms with Crippen LogP contribution in [0, 0.1) is 5.41 Å². The van der Waals surface area contributed by atoms with E-state index in [9.17, 15) is 4.79 Å². The number of unbranched alkanes of at least 4 members (excludes halogenated alkanes) is 1. The number of rotatable bonds is 7. The normalized spacial score (nSPS) is 12.0. The highest BCUT2D eigenvalue weighted by Crippen LogP contribution is 2.31. The first-order valence-corrected chi connectivity index (χ1v) is 9.39. The summed E-state index contributed by atoms with van der Waals surface area (Å²) >= 11 is 0. The van der Waals surface area contributed by atoms with Gasteiger partial charge in [-0.2, -0.15) is 0 Å². The summed E-state index contributed by atoms with van der Waals surface area (Å²) in [6.45, 7) is 7.54. The molecule has 7 heteroatoms. The monoisotopic (exact) mass is 368 g/mol. The zero-order chi connectivity index (χ0) is 19.6. The molecule has 0 bridgehead atoms. The van der Waals surface area contributed by atoms with Crippen LogP contribution in [0.15, 0.2) is 24.3 Å². The van der Waals surface area contributed by atoms with Gasteiger partial charge in [-0.1, -0.05) is 45.4 Å². The molecule has 144 valence electrons. The number of hydrogen-bond acceptors (Lipinski definition) is 4. The average molecular weight is 368 g/mol. The molecule has 0 aliphatic heterocycles. The van der Waals surface area contributed by atoms with E-state index in [1.807, 2.05) is 18.2 Å². The number of para-hydroxylation sites is 1. The molecule has 0 aliphatic rings. The van der Waals surface area contributed by atoms with Gasteiger partial charge in [0.2, 0.25) is 0 Å². The summed E-state index contributed by atoms with van der Waals surface area (Å²) in [4.78, 5) is 20.5. The van der Waals surface area contributed by atoms with Gasteiger partial charge in [0.1, 0.15) is 11.3 Å². The molecule has 2 amide bonds. The summed E-state index contributed by atoms with van der Waals surface area (Å²) in [6.07, 6.45) is 3.01. The topological polar surface area (TPSA) is 112 Å². The number of urea groups is 1. The maximum Gasteiger partial charge on any atom is 0.312 e. The third kappa shape index (κ3) is 3.97. The molecule has 27 heavy (non-hydrogen) atoms. The second-order valence-electron chi connectivity index (χ2n) is 7.81. The van der Waals surface area contributed by atoms with Crippen molar-refractivity contribution < 1.29 is 4.79 Å². The minimum absolute atomic E-state index is 0.206. The number of nitrogens with one attached hydrogen (secondary N) is 1. The van der Waals surface area contributed by atoms with Crippen molar-refractivity contribution in [3.63, 3.8) is 0 Å². The maximum atomic E-state index is 11.2. The molecule has 5 N–H and O–H groups in total. The summed E-state index contributed by atoms with van der Waals surface area (Å²) in [6, 6.07) is 7.47. The van der Waals surface area contributed by atoms with Crippen LogP contribution >= 0.6 is 0 Å². The Bertz CT molecular complexity index is 975. The largest absolute Gasteiger partial charge is 0.382 e. The highest BCUT2D eigenvalue weighted by Gasteiger charge is 2.24. The van der Waals surface area contributed by atoms with Crippen LogP contribution in [0.3, 0.4) is 0 Å². The molecule has 0 saturated heterocycles. The van der Waals surface area contributed by atoms with Crippen molar-refractivity contribution in [1.82, 2.24) is 19.9 Å². The Morgan fingerprint density at radius 2 is 2.00 bits per heavy atom. The smallest absolute Gasteiger partial charge is 0.312 e. The van der Waals surface area contributed by atoms with E-state index < -0.39 is 6.03 Å². The highest BCUT2D eigenvalue weighted by atomic mass is 16.2. The van der Waals surface area contributed by atoms with E-state index >= 15 is 0 Å². The molecular weight excluding hydrogens is 340 g/mol. The van der Waals surface area contributed by atoms with Gasteiger partial charge in [0.25, 0.3) is 0 Å². The van der Waals surface area contributed by atoms with E-state index in [1.165, 1.54) is 0 Å². The number of hydrogen-bond donors (Lipinski definition) is 3. The fourth-order valence-corrected chi connectivity index (χ4v) is 3.41. The minimum Gasteiger partial charge on any atom is -0.382 e. The number of fused-ring (bicyclic) bond motifs is 3. The van der Waals surface area contributed by atoms with Crippen molar-refractivity contribution in [2.24, 2.45) is 11.1 Å². The second-order valence-corrected chi connectivity index (χ2v) is 7.81. The second kappa shape index (κ2) is 7.42. The number of carbonyl (C=O) groups excluding carboxylic acids is 1. The van der Waals surface area contributed by atoms with Crippen LogP contribution in [0.1, 0.15) is 39.4 Å². The van der Waals surface area contributed by atoms with E-state index in [0.29, 0.717) is 18.9 Å². The quantitative estimate of drug-likeness (QED) is 0.594. The maximum absolute atomic E-state index is 11.2. The van der Waals surface area contributed by atoms with Gasteiger partial charge in [-0.25, -0.2) is 14.8 Å². The summed E-state index contributed by atoms with van der Waals surface area (Å²) in [5.41, 5.74) is 13.9. The van der Waals surface area contributed by atoms with Crippen LogP contribution in [0.2, 0.25) is 0 Å². The van der Waals surface area contributed by atoms with Crippen LogP contribution in [-0.4, -0.2) is 27.1 Å². The third-order valence-electron chi connectivity index (χ3n) is 4.77. The lowest BCUT2D eigenvalue weighted by Gasteiger charge is -2.26. The predicted octanol–water partition coefficient (Wildman–Crippen LogP) is 3.20. The van der Waals surface area contributed by atoms with Gasteiger partial charge < -0.3 is 21.4 Å².